The molecule has 1 aromatic heterocycles. The second kappa shape index (κ2) is 10.9. The van der Waals surface area contributed by atoms with Crippen LogP contribution in [0.4, 0.5) is 8.78 Å². The molecule has 0 aliphatic heterocycles. The van der Waals surface area contributed by atoms with Gasteiger partial charge in [-0.05, 0) is 29.7 Å². The van der Waals surface area contributed by atoms with Gasteiger partial charge < -0.3 is 14.8 Å². The number of alkyl halides is 2. The molecule has 7 nitrogen and oxygen atoms in total. The van der Waals surface area contributed by atoms with Gasteiger partial charge in [0, 0.05) is 12.7 Å². The number of hydrogen-bond donors (Lipinski definition) is 1. The number of rotatable bonds is 10. The highest BCUT2D eigenvalue weighted by molar-refractivity contribution is 5.90. The minimum Gasteiger partial charge on any atom is -0.452 e. The van der Waals surface area contributed by atoms with E-state index in [0.29, 0.717) is 19.5 Å². The van der Waals surface area contributed by atoms with E-state index in [1.807, 2.05) is 30.3 Å². The lowest BCUT2D eigenvalue weighted by Gasteiger charge is -2.07. The summed E-state index contributed by atoms with van der Waals surface area (Å²) < 4.78 is 35.2. The van der Waals surface area contributed by atoms with Crippen molar-refractivity contribution in [3.8, 4) is 5.75 Å². The predicted octanol–water partition coefficient (Wildman–Crippen LogP) is 3.05. The van der Waals surface area contributed by atoms with Crippen molar-refractivity contribution in [2.45, 2.75) is 19.6 Å². The summed E-state index contributed by atoms with van der Waals surface area (Å²) in [5.41, 5.74) is 2.14. The first-order valence-electron chi connectivity index (χ1n) is 9.53. The highest BCUT2D eigenvalue weighted by Gasteiger charge is 2.12. The number of benzene rings is 2. The molecule has 9 heteroatoms. The van der Waals surface area contributed by atoms with Crippen LogP contribution in [0.25, 0.3) is 0 Å². The first-order chi connectivity index (χ1) is 15.0. The molecule has 0 saturated heterocycles. The molecule has 3 aromatic rings. The number of aromatic nitrogens is 2. The van der Waals surface area contributed by atoms with Crippen molar-refractivity contribution in [3.05, 3.63) is 83.7 Å². The van der Waals surface area contributed by atoms with Crippen LogP contribution in [-0.2, 0) is 22.5 Å². The van der Waals surface area contributed by atoms with Crippen LogP contribution < -0.4 is 10.1 Å². The molecule has 0 fully saturated rings. The summed E-state index contributed by atoms with van der Waals surface area (Å²) in [4.78, 5) is 24.0. The maximum absolute atomic E-state index is 12.1. The summed E-state index contributed by atoms with van der Waals surface area (Å²) >= 11 is 0. The maximum atomic E-state index is 12.1. The van der Waals surface area contributed by atoms with Gasteiger partial charge in [0.05, 0.1) is 18.3 Å². The van der Waals surface area contributed by atoms with Crippen molar-refractivity contribution < 1.29 is 27.8 Å². The summed E-state index contributed by atoms with van der Waals surface area (Å²) in [6.07, 6.45) is 3.44. The topological polar surface area (TPSA) is 82.5 Å². The molecule has 0 unspecified atom stereocenters. The number of carbonyl (C=O) groups excluding carboxylic acids is 2. The molecule has 0 saturated carbocycles. The Bertz CT molecular complexity index is 992. The number of nitrogens with one attached hydrogen (secondary N) is 1. The van der Waals surface area contributed by atoms with E-state index in [-0.39, 0.29) is 11.3 Å². The van der Waals surface area contributed by atoms with E-state index in [0.717, 1.165) is 11.1 Å². The van der Waals surface area contributed by atoms with Crippen LogP contribution in [0.15, 0.2) is 67.0 Å². The largest absolute Gasteiger partial charge is 0.452 e. The smallest absolute Gasteiger partial charge is 0.387 e. The molecular formula is C22H21F2N3O4. The number of hydrogen-bond acceptors (Lipinski definition) is 5. The van der Waals surface area contributed by atoms with Gasteiger partial charge in [-0.25, -0.2) is 4.79 Å². The Kier molecular flexibility index (Phi) is 7.69. The van der Waals surface area contributed by atoms with E-state index in [9.17, 15) is 18.4 Å². The van der Waals surface area contributed by atoms with Crippen LogP contribution in [0, 0.1) is 0 Å². The molecule has 1 heterocycles. The molecule has 0 radical (unpaired) electrons. The molecule has 162 valence electrons. The highest BCUT2D eigenvalue weighted by Crippen LogP contribution is 2.15. The molecule has 1 amide bonds. The van der Waals surface area contributed by atoms with Crippen molar-refractivity contribution in [3.63, 3.8) is 0 Å². The Balaban J connectivity index is 1.37. The van der Waals surface area contributed by atoms with Crippen molar-refractivity contribution in [2.75, 3.05) is 13.2 Å². The van der Waals surface area contributed by atoms with Crippen molar-refractivity contribution in [1.82, 2.24) is 15.1 Å². The maximum Gasteiger partial charge on any atom is 0.387 e. The van der Waals surface area contributed by atoms with Crippen LogP contribution in [0.2, 0.25) is 0 Å². The van der Waals surface area contributed by atoms with Crippen LogP contribution in [0.3, 0.4) is 0 Å². The Morgan fingerprint density at radius 1 is 1.03 bits per heavy atom. The first kappa shape index (κ1) is 21.9. The van der Waals surface area contributed by atoms with Gasteiger partial charge in [-0.3, -0.25) is 9.48 Å². The second-order valence-electron chi connectivity index (χ2n) is 6.61. The highest BCUT2D eigenvalue weighted by atomic mass is 19.3. The number of esters is 1. The van der Waals surface area contributed by atoms with E-state index in [4.69, 9.17) is 4.74 Å². The lowest BCUT2D eigenvalue weighted by Crippen LogP contribution is -2.30. The van der Waals surface area contributed by atoms with Gasteiger partial charge in [0.25, 0.3) is 5.91 Å². The minimum absolute atomic E-state index is 0.0711. The number of halogens is 2. The molecular weight excluding hydrogens is 408 g/mol. The third kappa shape index (κ3) is 7.22. The standard InChI is InChI=1S/C22H21F2N3O4/c23-22(24)31-19-8-6-16(7-9-19)10-11-25-20(28)15-30-21(29)18-12-26-27(14-18)13-17-4-2-1-3-5-17/h1-9,12,14,22H,10-11,13,15H2,(H,25,28). The lowest BCUT2D eigenvalue weighted by atomic mass is 10.1. The van der Waals surface area contributed by atoms with Crippen LogP contribution in [0.5, 0.6) is 5.75 Å². The quantitative estimate of drug-likeness (QED) is 0.501. The van der Waals surface area contributed by atoms with Crippen molar-refractivity contribution in [1.29, 1.82) is 0 Å². The third-order valence-electron chi connectivity index (χ3n) is 4.28. The number of carbonyl (C=O) groups is 2. The number of ether oxygens (including phenoxy) is 2. The van der Waals surface area contributed by atoms with Crippen molar-refractivity contribution >= 4 is 11.9 Å². The Morgan fingerprint density at radius 2 is 1.77 bits per heavy atom. The molecule has 0 spiro atoms. The molecule has 31 heavy (non-hydrogen) atoms. The predicted molar refractivity (Wildman–Crippen MR) is 108 cm³/mol. The van der Waals surface area contributed by atoms with Gasteiger partial charge >= 0.3 is 12.6 Å². The molecule has 2 aromatic carbocycles. The second-order valence-corrected chi connectivity index (χ2v) is 6.61. The van der Waals surface area contributed by atoms with Gasteiger partial charge in [-0.15, -0.1) is 0 Å². The van der Waals surface area contributed by atoms with Gasteiger partial charge in [-0.1, -0.05) is 42.5 Å². The Morgan fingerprint density at radius 3 is 2.48 bits per heavy atom. The molecule has 0 atom stereocenters. The fourth-order valence-corrected chi connectivity index (χ4v) is 2.78. The Hall–Kier alpha value is -3.75. The Labute approximate surface area is 177 Å². The van der Waals surface area contributed by atoms with Crippen LogP contribution >= 0.6 is 0 Å². The molecule has 3 rings (SSSR count). The average molecular weight is 429 g/mol. The average Bonchev–Trinajstić information content (AvgIpc) is 3.22. The van der Waals surface area contributed by atoms with E-state index >= 15 is 0 Å². The van der Waals surface area contributed by atoms with Gasteiger partial charge in [0.2, 0.25) is 0 Å². The SMILES string of the molecule is O=C(COC(=O)c1cnn(Cc2ccccc2)c1)NCCc1ccc(OC(F)F)cc1. The third-order valence-corrected chi connectivity index (χ3v) is 4.28. The number of amides is 1. The van der Waals surface area contributed by atoms with E-state index in [1.165, 1.54) is 18.3 Å². The zero-order valence-electron chi connectivity index (χ0n) is 16.5. The normalized spacial score (nSPS) is 10.7. The van der Waals surface area contributed by atoms with E-state index < -0.39 is 25.1 Å². The summed E-state index contributed by atoms with van der Waals surface area (Å²) in [5, 5.41) is 6.76. The minimum atomic E-state index is -2.87. The van der Waals surface area contributed by atoms with E-state index in [2.05, 4.69) is 15.2 Å². The zero-order chi connectivity index (χ0) is 22.1. The zero-order valence-corrected chi connectivity index (χ0v) is 16.5. The van der Waals surface area contributed by atoms with Gasteiger partial charge in [-0.2, -0.15) is 13.9 Å². The van der Waals surface area contributed by atoms with Crippen molar-refractivity contribution in [2.24, 2.45) is 0 Å². The monoisotopic (exact) mass is 429 g/mol. The molecule has 0 aliphatic carbocycles. The summed E-state index contributed by atoms with van der Waals surface area (Å²) in [7, 11) is 0. The van der Waals surface area contributed by atoms with Gasteiger partial charge in [0.1, 0.15) is 5.75 Å². The molecule has 0 aliphatic rings. The summed E-state index contributed by atoms with van der Waals surface area (Å²) in [6.45, 7) is -2.46. The van der Waals surface area contributed by atoms with Crippen LogP contribution in [-0.4, -0.2) is 41.4 Å². The van der Waals surface area contributed by atoms with Crippen LogP contribution in [0.1, 0.15) is 21.5 Å². The fourth-order valence-electron chi connectivity index (χ4n) is 2.78. The van der Waals surface area contributed by atoms with Gasteiger partial charge in [0.15, 0.2) is 6.61 Å². The fraction of sp³-hybridized carbons (Fsp3) is 0.227. The summed E-state index contributed by atoms with van der Waals surface area (Å²) in [5.74, 6) is -1.01. The molecule has 1 N–H and O–H groups in total. The molecule has 0 bridgehead atoms. The summed E-state index contributed by atoms with van der Waals surface area (Å²) in [6, 6.07) is 15.8. The lowest BCUT2D eigenvalue weighted by molar-refractivity contribution is -0.124. The first-order valence-corrected chi connectivity index (χ1v) is 9.53. The van der Waals surface area contributed by atoms with E-state index in [1.54, 1.807) is 23.0 Å². The number of nitrogens with zero attached hydrogens (tertiary/aromatic N) is 2.